The van der Waals surface area contributed by atoms with E-state index in [9.17, 15) is 0 Å². The number of rotatable bonds is 2. The molecule has 0 aliphatic rings. The molecule has 106 valence electrons. The van der Waals surface area contributed by atoms with E-state index in [1.54, 1.807) is 18.2 Å². The summed E-state index contributed by atoms with van der Waals surface area (Å²) in [6, 6.07) is 10.8. The summed E-state index contributed by atoms with van der Waals surface area (Å²) in [5.74, 6) is 0.537. The molecule has 2 N–H and O–H groups in total. The van der Waals surface area contributed by atoms with Crippen LogP contribution in [-0.4, -0.2) is 20.2 Å². The van der Waals surface area contributed by atoms with Crippen LogP contribution in [0.3, 0.4) is 0 Å². The van der Waals surface area contributed by atoms with Crippen molar-refractivity contribution in [2.24, 2.45) is 0 Å². The summed E-state index contributed by atoms with van der Waals surface area (Å²) in [4.78, 5) is 0. The van der Waals surface area contributed by atoms with Gasteiger partial charge in [-0.3, -0.25) is 0 Å². The summed E-state index contributed by atoms with van der Waals surface area (Å²) in [7, 11) is 0. The number of nitrogen functional groups attached to an aromatic ring is 1. The molecule has 2 aromatic carbocycles. The molecule has 0 saturated heterocycles. The van der Waals surface area contributed by atoms with Crippen LogP contribution in [0.15, 0.2) is 36.4 Å². The fraction of sp³-hybridized carbons (Fsp3) is 0.0714. The van der Waals surface area contributed by atoms with Gasteiger partial charge in [-0.1, -0.05) is 35.3 Å². The molecule has 0 saturated carbocycles. The first kappa shape index (κ1) is 13.9. The van der Waals surface area contributed by atoms with Gasteiger partial charge in [0.15, 0.2) is 5.82 Å². The van der Waals surface area contributed by atoms with Gasteiger partial charge >= 0.3 is 0 Å². The molecule has 0 unspecified atom stereocenters. The number of tetrazole rings is 1. The Morgan fingerprint density at radius 2 is 1.81 bits per heavy atom. The standard InChI is InChI=1S/C14H11Cl2N5/c1-8-5-6-9(17)7-10(8)14-18-19-20-21(14)13-11(15)3-2-4-12(13)16/h2-7H,17H2,1H3. The zero-order valence-electron chi connectivity index (χ0n) is 11.1. The summed E-state index contributed by atoms with van der Waals surface area (Å²) >= 11 is 12.5. The molecule has 0 atom stereocenters. The topological polar surface area (TPSA) is 69.6 Å². The van der Waals surface area contributed by atoms with Crippen LogP contribution in [0.25, 0.3) is 17.1 Å². The number of hydrogen-bond donors (Lipinski definition) is 1. The molecular weight excluding hydrogens is 309 g/mol. The van der Waals surface area contributed by atoms with E-state index in [1.807, 2.05) is 25.1 Å². The molecule has 3 aromatic rings. The number of aromatic nitrogens is 4. The molecule has 0 spiro atoms. The first-order valence-corrected chi connectivity index (χ1v) is 6.93. The summed E-state index contributed by atoms with van der Waals surface area (Å²) in [5.41, 5.74) is 8.86. The van der Waals surface area contributed by atoms with Gasteiger partial charge in [-0.2, -0.15) is 4.68 Å². The van der Waals surface area contributed by atoms with Crippen LogP contribution in [-0.2, 0) is 0 Å². The van der Waals surface area contributed by atoms with Gasteiger partial charge in [-0.25, -0.2) is 0 Å². The number of anilines is 1. The Morgan fingerprint density at radius 1 is 1.10 bits per heavy atom. The van der Waals surface area contributed by atoms with Gasteiger partial charge in [0.2, 0.25) is 0 Å². The van der Waals surface area contributed by atoms with Gasteiger partial charge in [0.05, 0.1) is 10.0 Å². The molecule has 1 aromatic heterocycles. The van der Waals surface area contributed by atoms with E-state index in [0.717, 1.165) is 11.1 Å². The molecule has 5 nitrogen and oxygen atoms in total. The van der Waals surface area contributed by atoms with Crippen LogP contribution in [0, 0.1) is 6.92 Å². The lowest BCUT2D eigenvalue weighted by Gasteiger charge is -2.10. The second-order valence-electron chi connectivity index (χ2n) is 4.56. The Hall–Kier alpha value is -2.11. The number of halogens is 2. The molecule has 3 rings (SSSR count). The molecule has 0 fully saturated rings. The zero-order chi connectivity index (χ0) is 15.0. The lowest BCUT2D eigenvalue weighted by atomic mass is 10.1. The minimum atomic E-state index is 0.470. The first-order chi connectivity index (χ1) is 10.1. The molecule has 0 aliphatic heterocycles. The summed E-state index contributed by atoms with van der Waals surface area (Å²) in [6.07, 6.45) is 0. The molecule has 21 heavy (non-hydrogen) atoms. The van der Waals surface area contributed by atoms with Crippen molar-refractivity contribution < 1.29 is 0 Å². The van der Waals surface area contributed by atoms with E-state index in [0.29, 0.717) is 27.2 Å². The van der Waals surface area contributed by atoms with Gasteiger partial charge in [0.1, 0.15) is 5.69 Å². The van der Waals surface area contributed by atoms with Gasteiger partial charge in [-0.05, 0) is 47.2 Å². The normalized spacial score (nSPS) is 10.8. The maximum absolute atomic E-state index is 6.23. The smallest absolute Gasteiger partial charge is 0.187 e. The second kappa shape index (κ2) is 5.35. The summed E-state index contributed by atoms with van der Waals surface area (Å²) < 4.78 is 1.52. The zero-order valence-corrected chi connectivity index (χ0v) is 12.6. The fourth-order valence-corrected chi connectivity index (χ4v) is 2.64. The number of aryl methyl sites for hydroxylation is 1. The molecule has 0 amide bonds. The van der Waals surface area contributed by atoms with Gasteiger partial charge in [0, 0.05) is 11.3 Å². The highest BCUT2D eigenvalue weighted by Gasteiger charge is 2.17. The van der Waals surface area contributed by atoms with E-state index < -0.39 is 0 Å². The Balaban J connectivity index is 2.25. The van der Waals surface area contributed by atoms with Gasteiger partial charge in [0.25, 0.3) is 0 Å². The molecule has 0 aliphatic carbocycles. The summed E-state index contributed by atoms with van der Waals surface area (Å²) in [5, 5.41) is 12.7. The lowest BCUT2D eigenvalue weighted by molar-refractivity contribution is 0.791. The fourth-order valence-electron chi connectivity index (χ4n) is 2.08. The van der Waals surface area contributed by atoms with E-state index in [1.165, 1.54) is 4.68 Å². The van der Waals surface area contributed by atoms with Crippen LogP contribution < -0.4 is 5.73 Å². The minimum Gasteiger partial charge on any atom is -0.399 e. The third kappa shape index (κ3) is 2.46. The van der Waals surface area contributed by atoms with Crippen molar-refractivity contribution >= 4 is 28.9 Å². The Kier molecular flexibility index (Phi) is 3.53. The van der Waals surface area contributed by atoms with Crippen LogP contribution in [0.4, 0.5) is 5.69 Å². The lowest BCUT2D eigenvalue weighted by Crippen LogP contribution is -2.03. The molecular formula is C14H11Cl2N5. The van der Waals surface area contributed by atoms with Crippen LogP contribution in [0.5, 0.6) is 0 Å². The van der Waals surface area contributed by atoms with E-state index in [2.05, 4.69) is 15.5 Å². The predicted molar refractivity (Wildman–Crippen MR) is 83.8 cm³/mol. The molecule has 1 heterocycles. The van der Waals surface area contributed by atoms with Gasteiger partial charge in [-0.15, -0.1) is 5.10 Å². The van der Waals surface area contributed by atoms with Crippen molar-refractivity contribution in [3.63, 3.8) is 0 Å². The molecule has 0 radical (unpaired) electrons. The first-order valence-electron chi connectivity index (χ1n) is 6.17. The number of benzene rings is 2. The van der Waals surface area contributed by atoms with Crippen molar-refractivity contribution in [1.29, 1.82) is 0 Å². The second-order valence-corrected chi connectivity index (χ2v) is 5.37. The SMILES string of the molecule is Cc1ccc(N)cc1-c1nnnn1-c1c(Cl)cccc1Cl. The Labute approximate surface area is 131 Å². The van der Waals surface area contributed by atoms with E-state index in [4.69, 9.17) is 28.9 Å². The number of nitrogens with two attached hydrogens (primary N) is 1. The van der Waals surface area contributed by atoms with Crippen LogP contribution in [0.2, 0.25) is 10.0 Å². The third-order valence-corrected chi connectivity index (χ3v) is 3.73. The Morgan fingerprint density at radius 3 is 2.52 bits per heavy atom. The maximum Gasteiger partial charge on any atom is 0.187 e. The van der Waals surface area contributed by atoms with Crippen LogP contribution in [0.1, 0.15) is 5.56 Å². The van der Waals surface area contributed by atoms with Crippen molar-refractivity contribution in [2.75, 3.05) is 5.73 Å². The number of nitrogens with zero attached hydrogens (tertiary/aromatic N) is 4. The van der Waals surface area contributed by atoms with Crippen molar-refractivity contribution in [3.05, 3.63) is 52.0 Å². The summed E-state index contributed by atoms with van der Waals surface area (Å²) in [6.45, 7) is 1.96. The third-order valence-electron chi connectivity index (χ3n) is 3.12. The highest BCUT2D eigenvalue weighted by Crippen LogP contribution is 2.32. The highest BCUT2D eigenvalue weighted by atomic mass is 35.5. The Bertz CT molecular complexity index is 793. The minimum absolute atomic E-state index is 0.470. The highest BCUT2D eigenvalue weighted by molar-refractivity contribution is 6.37. The van der Waals surface area contributed by atoms with Crippen molar-refractivity contribution in [2.45, 2.75) is 6.92 Å². The monoisotopic (exact) mass is 319 g/mol. The van der Waals surface area contributed by atoms with Crippen molar-refractivity contribution in [3.8, 4) is 17.1 Å². The predicted octanol–water partition coefficient (Wildman–Crippen LogP) is 3.53. The number of hydrogen-bond acceptors (Lipinski definition) is 4. The van der Waals surface area contributed by atoms with Gasteiger partial charge < -0.3 is 5.73 Å². The average Bonchev–Trinajstić information content (AvgIpc) is 2.90. The average molecular weight is 320 g/mol. The maximum atomic E-state index is 6.23. The quantitative estimate of drug-likeness (QED) is 0.733. The van der Waals surface area contributed by atoms with E-state index >= 15 is 0 Å². The van der Waals surface area contributed by atoms with Crippen molar-refractivity contribution in [1.82, 2.24) is 20.2 Å². The largest absolute Gasteiger partial charge is 0.399 e. The molecule has 0 bridgehead atoms. The van der Waals surface area contributed by atoms with E-state index in [-0.39, 0.29) is 0 Å². The number of para-hydroxylation sites is 1. The van der Waals surface area contributed by atoms with Crippen LogP contribution >= 0.6 is 23.2 Å². The molecule has 7 heteroatoms.